The molecule has 5 aliphatic rings. The Kier molecular flexibility index (Phi) is 4.11. The summed E-state index contributed by atoms with van der Waals surface area (Å²) in [4.78, 5) is 24.5. The van der Waals surface area contributed by atoms with Gasteiger partial charge in [-0.25, -0.2) is 0 Å². The molecule has 27 heavy (non-hydrogen) atoms. The van der Waals surface area contributed by atoms with E-state index >= 15 is 0 Å². The molecule has 0 unspecified atom stereocenters. The molecule has 0 aromatic heterocycles. The van der Waals surface area contributed by atoms with Gasteiger partial charge in [-0.1, -0.05) is 13.0 Å². The Labute approximate surface area is 163 Å². The van der Waals surface area contributed by atoms with Gasteiger partial charge >= 0.3 is 5.97 Å². The van der Waals surface area contributed by atoms with Crippen molar-refractivity contribution < 1.29 is 14.3 Å². The summed E-state index contributed by atoms with van der Waals surface area (Å²) in [6, 6.07) is 0. The molecule has 0 amide bonds. The van der Waals surface area contributed by atoms with Crippen molar-refractivity contribution in [3.63, 3.8) is 0 Å². The molecule has 4 saturated carbocycles. The maximum absolute atomic E-state index is 13.1. The van der Waals surface area contributed by atoms with Gasteiger partial charge in [0.2, 0.25) is 0 Å². The molecule has 1 spiro atoms. The van der Waals surface area contributed by atoms with Crippen LogP contribution in [0.25, 0.3) is 0 Å². The molecule has 3 nitrogen and oxygen atoms in total. The van der Waals surface area contributed by atoms with Crippen LogP contribution in [0, 0.1) is 40.4 Å². The van der Waals surface area contributed by atoms with Gasteiger partial charge in [0.05, 0.1) is 0 Å². The van der Waals surface area contributed by atoms with E-state index in [9.17, 15) is 9.59 Å². The number of rotatable bonds is 1. The van der Waals surface area contributed by atoms with Crippen molar-refractivity contribution in [3.8, 4) is 0 Å². The van der Waals surface area contributed by atoms with Crippen LogP contribution in [0.1, 0.15) is 78.1 Å². The van der Waals surface area contributed by atoms with Crippen LogP contribution in [0.2, 0.25) is 0 Å². The Balaban J connectivity index is 1.40. The molecule has 8 atom stereocenters. The van der Waals surface area contributed by atoms with Crippen LogP contribution in [0.4, 0.5) is 0 Å². The van der Waals surface area contributed by atoms with E-state index < -0.39 is 0 Å². The molecule has 0 radical (unpaired) electrons. The number of hydrogen-bond donors (Lipinski definition) is 0. The number of fused-ring (bicyclic) bond motifs is 4. The van der Waals surface area contributed by atoms with Gasteiger partial charge in [-0.15, -0.1) is 0 Å². The van der Waals surface area contributed by atoms with E-state index in [1.807, 2.05) is 6.08 Å². The highest BCUT2D eigenvalue weighted by molar-refractivity contribution is 5.96. The zero-order chi connectivity index (χ0) is 18.8. The molecule has 5 rings (SSSR count). The smallest absolute Gasteiger partial charge is 0.302 e. The van der Waals surface area contributed by atoms with Crippen molar-refractivity contribution in [2.45, 2.75) is 84.2 Å². The van der Waals surface area contributed by atoms with Crippen LogP contribution < -0.4 is 0 Å². The average molecular weight is 371 g/mol. The molecule has 0 aromatic carbocycles. The molecule has 3 heteroatoms. The number of ether oxygens (including phenoxy) is 1. The fraction of sp³-hybridized carbons (Fsp3) is 0.833. The van der Waals surface area contributed by atoms with E-state index in [-0.39, 0.29) is 17.5 Å². The first-order valence-electron chi connectivity index (χ1n) is 11.3. The maximum Gasteiger partial charge on any atom is 0.302 e. The first-order chi connectivity index (χ1) is 12.9. The monoisotopic (exact) mass is 370 g/mol. The largest absolute Gasteiger partial charge is 0.463 e. The molecule has 4 fully saturated rings. The number of esters is 1. The van der Waals surface area contributed by atoms with Crippen LogP contribution in [-0.2, 0) is 14.3 Å². The van der Waals surface area contributed by atoms with Gasteiger partial charge in [-0.05, 0) is 105 Å². The maximum atomic E-state index is 13.1. The summed E-state index contributed by atoms with van der Waals surface area (Å²) in [6.45, 7) is 4.07. The molecule has 0 aliphatic heterocycles. The summed E-state index contributed by atoms with van der Waals surface area (Å²) in [7, 11) is 0. The van der Waals surface area contributed by atoms with Gasteiger partial charge in [-0.2, -0.15) is 0 Å². The van der Waals surface area contributed by atoms with Crippen LogP contribution in [-0.4, -0.2) is 17.9 Å². The minimum Gasteiger partial charge on any atom is -0.463 e. The molecule has 0 heterocycles. The predicted molar refractivity (Wildman–Crippen MR) is 104 cm³/mol. The fourth-order valence-corrected chi connectivity index (χ4v) is 8.68. The molecule has 0 bridgehead atoms. The normalized spacial score (nSPS) is 51.0. The minimum absolute atomic E-state index is 0.00590. The van der Waals surface area contributed by atoms with E-state index in [0.29, 0.717) is 29.0 Å². The first kappa shape index (κ1) is 17.9. The highest BCUT2D eigenvalue weighted by Crippen LogP contribution is 2.68. The van der Waals surface area contributed by atoms with Crippen molar-refractivity contribution >= 4 is 11.8 Å². The summed E-state index contributed by atoms with van der Waals surface area (Å²) >= 11 is 0. The standard InChI is InChI=1S/C24H34O3/c1-15(25)27-18-10-12-23(2)17(14-18)6-8-19-20(23)11-13-24-16(7-9-21(19)24)4-3-5-22(24)26/h3,5,16-21H,4,6-14H2,1-2H3/t16-,17-,18+,19+,20-,21-,23-,24+/m0/s1. The Morgan fingerprint density at radius 2 is 1.85 bits per heavy atom. The van der Waals surface area contributed by atoms with E-state index in [4.69, 9.17) is 4.74 Å². The van der Waals surface area contributed by atoms with Crippen LogP contribution in [0.5, 0.6) is 0 Å². The lowest BCUT2D eigenvalue weighted by molar-refractivity contribution is -0.163. The number of ketones is 1. The van der Waals surface area contributed by atoms with E-state index in [1.165, 1.54) is 45.4 Å². The molecule has 5 aliphatic carbocycles. The summed E-state index contributed by atoms with van der Waals surface area (Å²) < 4.78 is 5.58. The van der Waals surface area contributed by atoms with Crippen molar-refractivity contribution in [1.82, 2.24) is 0 Å². The van der Waals surface area contributed by atoms with Crippen LogP contribution >= 0.6 is 0 Å². The summed E-state index contributed by atoms with van der Waals surface area (Å²) in [5.41, 5.74) is 0.376. The van der Waals surface area contributed by atoms with E-state index in [2.05, 4.69) is 13.0 Å². The van der Waals surface area contributed by atoms with Gasteiger partial charge in [-0.3, -0.25) is 9.59 Å². The molecular weight excluding hydrogens is 336 g/mol. The number of allylic oxidation sites excluding steroid dienone is 2. The van der Waals surface area contributed by atoms with Crippen LogP contribution in [0.3, 0.4) is 0 Å². The SMILES string of the molecule is CC(=O)O[C@@H]1CC[C@@]2(C)[C@@H](CC[C@@H]3[C@@H]2CC[C@@]24C(=O)C=CC[C@H]2CC[C@@H]34)C1. The second-order valence-corrected chi connectivity index (χ2v) is 10.5. The molecule has 0 N–H and O–H groups in total. The third-order valence-electron chi connectivity index (χ3n) is 9.78. The van der Waals surface area contributed by atoms with E-state index in [0.717, 1.165) is 37.5 Å². The number of carbonyl (C=O) groups excluding carboxylic acids is 2. The van der Waals surface area contributed by atoms with Gasteiger partial charge in [0.25, 0.3) is 0 Å². The fourth-order valence-electron chi connectivity index (χ4n) is 8.68. The van der Waals surface area contributed by atoms with Gasteiger partial charge in [0, 0.05) is 12.3 Å². The summed E-state index contributed by atoms with van der Waals surface area (Å²) in [6.07, 6.45) is 16.0. The predicted octanol–water partition coefficient (Wildman–Crippen LogP) is 5.09. The Hall–Kier alpha value is -1.12. The first-order valence-corrected chi connectivity index (χ1v) is 11.3. The zero-order valence-corrected chi connectivity index (χ0v) is 16.9. The highest BCUT2D eigenvalue weighted by atomic mass is 16.5. The third kappa shape index (κ3) is 2.45. The molecule has 0 saturated heterocycles. The molecule has 0 aromatic rings. The van der Waals surface area contributed by atoms with Crippen molar-refractivity contribution in [3.05, 3.63) is 12.2 Å². The average Bonchev–Trinajstić information content (AvgIpc) is 3.03. The second kappa shape index (κ2) is 6.19. The zero-order valence-electron chi connectivity index (χ0n) is 16.9. The molecular formula is C24H34O3. The van der Waals surface area contributed by atoms with Crippen LogP contribution in [0.15, 0.2) is 12.2 Å². The minimum atomic E-state index is -0.127. The van der Waals surface area contributed by atoms with Gasteiger partial charge in [0.15, 0.2) is 5.78 Å². The quantitative estimate of drug-likeness (QED) is 0.604. The van der Waals surface area contributed by atoms with Crippen molar-refractivity contribution in [2.75, 3.05) is 0 Å². The number of hydrogen-bond acceptors (Lipinski definition) is 3. The van der Waals surface area contributed by atoms with Crippen molar-refractivity contribution in [1.29, 1.82) is 0 Å². The number of carbonyl (C=O) groups is 2. The molecule has 148 valence electrons. The lowest BCUT2D eigenvalue weighted by atomic mass is 9.43. The second-order valence-electron chi connectivity index (χ2n) is 10.5. The topological polar surface area (TPSA) is 43.4 Å². The summed E-state index contributed by atoms with van der Waals surface area (Å²) in [5, 5.41) is 0. The van der Waals surface area contributed by atoms with Gasteiger partial charge in [0.1, 0.15) is 6.10 Å². The highest BCUT2D eigenvalue weighted by Gasteiger charge is 2.64. The van der Waals surface area contributed by atoms with Gasteiger partial charge < -0.3 is 4.74 Å². The third-order valence-corrected chi connectivity index (χ3v) is 9.78. The van der Waals surface area contributed by atoms with E-state index in [1.54, 1.807) is 0 Å². The lowest BCUT2D eigenvalue weighted by Crippen LogP contribution is -2.56. The Bertz CT molecular complexity index is 681. The summed E-state index contributed by atoms with van der Waals surface area (Å²) in [5.74, 6) is 3.77. The Morgan fingerprint density at radius 3 is 2.67 bits per heavy atom. The Morgan fingerprint density at radius 1 is 1.04 bits per heavy atom. The van der Waals surface area contributed by atoms with Crippen molar-refractivity contribution in [2.24, 2.45) is 40.4 Å². The lowest BCUT2D eigenvalue weighted by Gasteiger charge is -2.61.